The average molecular weight is 296 g/mol. The third-order valence-electron chi connectivity index (χ3n) is 2.88. The van der Waals surface area contributed by atoms with Crippen LogP contribution in [-0.4, -0.2) is 14.7 Å². The maximum absolute atomic E-state index is 11.4. The van der Waals surface area contributed by atoms with Gasteiger partial charge >= 0.3 is 0 Å². The first-order chi connectivity index (χ1) is 8.88. The average Bonchev–Trinajstić information content (AvgIpc) is 2.72. The molecule has 0 fully saturated rings. The Morgan fingerprint density at radius 3 is 2.58 bits per heavy atom. The fraction of sp³-hybridized carbons (Fsp3) is 0.231. The number of benzene rings is 1. The molecule has 0 amide bonds. The van der Waals surface area contributed by atoms with Gasteiger partial charge in [-0.3, -0.25) is 0 Å². The molecule has 1 aromatic carbocycles. The van der Waals surface area contributed by atoms with Gasteiger partial charge in [0.25, 0.3) is 0 Å². The SMILES string of the molecule is Cc1cscc1CNc1ccc(S(C)(=O)=O)cc1N. The summed E-state index contributed by atoms with van der Waals surface area (Å²) in [6, 6.07) is 4.75. The van der Waals surface area contributed by atoms with Crippen molar-refractivity contribution < 1.29 is 8.42 Å². The lowest BCUT2D eigenvalue weighted by molar-refractivity contribution is 0.602. The third-order valence-corrected chi connectivity index (χ3v) is 4.90. The number of anilines is 2. The highest BCUT2D eigenvalue weighted by Gasteiger charge is 2.09. The van der Waals surface area contributed by atoms with Crippen molar-refractivity contribution in [2.75, 3.05) is 17.3 Å². The Balaban J connectivity index is 2.16. The fourth-order valence-electron chi connectivity index (χ4n) is 1.69. The van der Waals surface area contributed by atoms with Gasteiger partial charge in [-0.25, -0.2) is 8.42 Å². The minimum atomic E-state index is -3.21. The highest BCUT2D eigenvalue weighted by Crippen LogP contribution is 2.24. The molecule has 4 nitrogen and oxygen atoms in total. The molecule has 0 atom stereocenters. The summed E-state index contributed by atoms with van der Waals surface area (Å²) >= 11 is 1.66. The number of nitrogens with two attached hydrogens (primary N) is 1. The maximum Gasteiger partial charge on any atom is 0.175 e. The monoisotopic (exact) mass is 296 g/mol. The second-order valence-corrected chi connectivity index (χ2v) is 7.21. The molecule has 102 valence electrons. The summed E-state index contributed by atoms with van der Waals surface area (Å²) in [7, 11) is -3.21. The minimum Gasteiger partial charge on any atom is -0.397 e. The molecule has 0 aliphatic rings. The van der Waals surface area contributed by atoms with E-state index < -0.39 is 9.84 Å². The number of hydrogen-bond donors (Lipinski definition) is 2. The number of hydrogen-bond acceptors (Lipinski definition) is 5. The summed E-state index contributed by atoms with van der Waals surface area (Å²) in [5, 5.41) is 7.40. The molecule has 0 aliphatic heterocycles. The second-order valence-electron chi connectivity index (χ2n) is 4.45. The lowest BCUT2D eigenvalue weighted by atomic mass is 10.2. The van der Waals surface area contributed by atoms with Gasteiger partial charge in [0, 0.05) is 12.8 Å². The molecule has 0 saturated heterocycles. The van der Waals surface area contributed by atoms with Gasteiger partial charge in [-0.05, 0) is 47.0 Å². The number of rotatable bonds is 4. The molecule has 3 N–H and O–H groups in total. The van der Waals surface area contributed by atoms with Crippen LogP contribution in [-0.2, 0) is 16.4 Å². The van der Waals surface area contributed by atoms with E-state index in [1.165, 1.54) is 23.4 Å². The van der Waals surface area contributed by atoms with E-state index in [1.807, 2.05) is 0 Å². The van der Waals surface area contributed by atoms with Crippen molar-refractivity contribution in [1.82, 2.24) is 0 Å². The molecule has 0 unspecified atom stereocenters. The molecule has 0 aliphatic carbocycles. The predicted octanol–water partition coefficient (Wildman–Crippen LogP) is 2.65. The molecule has 0 spiro atoms. The van der Waals surface area contributed by atoms with Crippen molar-refractivity contribution in [3.8, 4) is 0 Å². The van der Waals surface area contributed by atoms with Crippen LogP contribution >= 0.6 is 11.3 Å². The van der Waals surface area contributed by atoms with E-state index in [4.69, 9.17) is 5.73 Å². The quantitative estimate of drug-likeness (QED) is 0.851. The van der Waals surface area contributed by atoms with Crippen LogP contribution in [0.25, 0.3) is 0 Å². The predicted molar refractivity (Wildman–Crippen MR) is 80.3 cm³/mol. The molecule has 1 aromatic heterocycles. The Kier molecular flexibility index (Phi) is 3.82. The first-order valence-corrected chi connectivity index (χ1v) is 8.56. The van der Waals surface area contributed by atoms with E-state index >= 15 is 0 Å². The topological polar surface area (TPSA) is 72.2 Å². The molecule has 0 radical (unpaired) electrons. The number of nitrogens with one attached hydrogen (secondary N) is 1. The molecular weight excluding hydrogens is 280 g/mol. The Bertz CT molecular complexity index is 690. The maximum atomic E-state index is 11.4. The smallest absolute Gasteiger partial charge is 0.175 e. The van der Waals surface area contributed by atoms with Gasteiger partial charge < -0.3 is 11.1 Å². The van der Waals surface area contributed by atoms with Gasteiger partial charge in [0.2, 0.25) is 0 Å². The van der Waals surface area contributed by atoms with E-state index in [1.54, 1.807) is 23.5 Å². The van der Waals surface area contributed by atoms with Crippen LogP contribution in [0.3, 0.4) is 0 Å². The molecule has 2 aromatic rings. The van der Waals surface area contributed by atoms with Crippen molar-refractivity contribution >= 4 is 32.5 Å². The normalized spacial score (nSPS) is 11.5. The highest BCUT2D eigenvalue weighted by atomic mass is 32.2. The molecule has 2 rings (SSSR count). The summed E-state index contributed by atoms with van der Waals surface area (Å²) in [4.78, 5) is 0.238. The Morgan fingerprint density at radius 2 is 2.05 bits per heavy atom. The van der Waals surface area contributed by atoms with Gasteiger partial charge in [0.05, 0.1) is 16.3 Å². The van der Waals surface area contributed by atoms with E-state index in [2.05, 4.69) is 23.0 Å². The van der Waals surface area contributed by atoms with Crippen LogP contribution in [0.5, 0.6) is 0 Å². The number of nitrogen functional groups attached to an aromatic ring is 1. The van der Waals surface area contributed by atoms with Crippen LogP contribution in [0, 0.1) is 6.92 Å². The highest BCUT2D eigenvalue weighted by molar-refractivity contribution is 7.90. The summed E-state index contributed by atoms with van der Waals surface area (Å²) < 4.78 is 22.8. The molecule has 0 saturated carbocycles. The molecule has 6 heteroatoms. The van der Waals surface area contributed by atoms with Crippen LogP contribution in [0.1, 0.15) is 11.1 Å². The number of aryl methyl sites for hydroxylation is 1. The Hall–Kier alpha value is -1.53. The van der Waals surface area contributed by atoms with Crippen molar-refractivity contribution in [2.45, 2.75) is 18.4 Å². The minimum absolute atomic E-state index is 0.238. The zero-order valence-corrected chi connectivity index (χ0v) is 12.4. The standard InChI is InChI=1S/C13H16N2O2S2/c1-9-7-18-8-10(9)6-15-13-4-3-11(5-12(13)14)19(2,16)17/h3-5,7-8,15H,6,14H2,1-2H3. The van der Waals surface area contributed by atoms with Crippen molar-refractivity contribution in [3.05, 3.63) is 40.1 Å². The van der Waals surface area contributed by atoms with Gasteiger partial charge in [-0.2, -0.15) is 11.3 Å². The fourth-order valence-corrected chi connectivity index (χ4v) is 3.20. The molecule has 0 bridgehead atoms. The second kappa shape index (κ2) is 5.22. The number of thiophene rings is 1. The number of sulfone groups is 1. The lowest BCUT2D eigenvalue weighted by Gasteiger charge is -2.10. The van der Waals surface area contributed by atoms with Crippen LogP contribution in [0.15, 0.2) is 33.9 Å². The molecule has 1 heterocycles. The van der Waals surface area contributed by atoms with Gasteiger partial charge in [0.15, 0.2) is 9.84 Å². The first kappa shape index (κ1) is 13.9. The lowest BCUT2D eigenvalue weighted by Crippen LogP contribution is -2.04. The van der Waals surface area contributed by atoms with Gasteiger partial charge in [-0.15, -0.1) is 0 Å². The van der Waals surface area contributed by atoms with Gasteiger partial charge in [0.1, 0.15) is 0 Å². The van der Waals surface area contributed by atoms with E-state index in [9.17, 15) is 8.42 Å². The van der Waals surface area contributed by atoms with E-state index in [0.717, 1.165) is 5.69 Å². The summed E-state index contributed by atoms with van der Waals surface area (Å²) in [5.41, 5.74) is 9.52. The third kappa shape index (κ3) is 3.27. The van der Waals surface area contributed by atoms with Crippen LogP contribution in [0.2, 0.25) is 0 Å². The molecule has 19 heavy (non-hydrogen) atoms. The summed E-state index contributed by atoms with van der Waals surface area (Å²) in [6.45, 7) is 2.74. The molecular formula is C13H16N2O2S2. The van der Waals surface area contributed by atoms with Crippen LogP contribution < -0.4 is 11.1 Å². The largest absolute Gasteiger partial charge is 0.397 e. The Labute approximate surface area is 117 Å². The Morgan fingerprint density at radius 1 is 1.32 bits per heavy atom. The van der Waals surface area contributed by atoms with E-state index in [0.29, 0.717) is 12.2 Å². The van der Waals surface area contributed by atoms with Crippen molar-refractivity contribution in [3.63, 3.8) is 0 Å². The van der Waals surface area contributed by atoms with Crippen molar-refractivity contribution in [1.29, 1.82) is 0 Å². The first-order valence-electron chi connectivity index (χ1n) is 5.73. The van der Waals surface area contributed by atoms with Gasteiger partial charge in [-0.1, -0.05) is 0 Å². The van der Waals surface area contributed by atoms with Crippen molar-refractivity contribution in [2.24, 2.45) is 0 Å². The summed E-state index contributed by atoms with van der Waals surface area (Å²) in [5.74, 6) is 0. The zero-order chi connectivity index (χ0) is 14.0. The zero-order valence-electron chi connectivity index (χ0n) is 10.8. The van der Waals surface area contributed by atoms with Crippen LogP contribution in [0.4, 0.5) is 11.4 Å². The van der Waals surface area contributed by atoms with E-state index in [-0.39, 0.29) is 4.90 Å². The summed E-state index contributed by atoms with van der Waals surface area (Å²) in [6.07, 6.45) is 1.17.